The first-order chi connectivity index (χ1) is 12.0. The van der Waals surface area contributed by atoms with E-state index in [1.54, 1.807) is 35.9 Å². The maximum atomic E-state index is 12.7. The van der Waals surface area contributed by atoms with Gasteiger partial charge in [0.25, 0.3) is 5.89 Å². The highest BCUT2D eigenvalue weighted by Crippen LogP contribution is 2.44. The van der Waals surface area contributed by atoms with Crippen molar-refractivity contribution in [3.8, 4) is 11.5 Å². The van der Waals surface area contributed by atoms with Gasteiger partial charge in [0.1, 0.15) is 28.7 Å². The van der Waals surface area contributed by atoms with E-state index in [2.05, 4.69) is 15.1 Å². The Morgan fingerprint density at radius 2 is 2.20 bits per heavy atom. The largest absolute Gasteiger partial charge is 0.618 e. The predicted octanol–water partition coefficient (Wildman–Crippen LogP) is 2.11. The van der Waals surface area contributed by atoms with E-state index in [4.69, 9.17) is 16.1 Å². The summed E-state index contributed by atoms with van der Waals surface area (Å²) in [7, 11) is 0. The Labute approximate surface area is 145 Å². The number of hydrogen-bond acceptors (Lipinski definition) is 6. The molecule has 0 amide bonds. The van der Waals surface area contributed by atoms with Crippen LogP contribution in [-0.4, -0.2) is 24.6 Å². The van der Waals surface area contributed by atoms with E-state index in [0.717, 1.165) is 4.73 Å². The molecule has 0 saturated heterocycles. The van der Waals surface area contributed by atoms with Crippen LogP contribution >= 0.6 is 11.6 Å². The van der Waals surface area contributed by atoms with Gasteiger partial charge in [-0.15, -0.1) is 0 Å². The molecule has 3 aromatic heterocycles. The van der Waals surface area contributed by atoms with E-state index in [-0.39, 0.29) is 11.7 Å². The number of halogens is 1. The van der Waals surface area contributed by atoms with Crippen LogP contribution < -0.4 is 4.73 Å². The fourth-order valence-corrected chi connectivity index (χ4v) is 3.19. The van der Waals surface area contributed by atoms with Crippen LogP contribution in [0.15, 0.2) is 29.0 Å². The van der Waals surface area contributed by atoms with Gasteiger partial charge in [-0.2, -0.15) is 9.71 Å². The molecule has 1 aliphatic rings. The SMILES string of the molecule is Cc1c2c(-c3noc(C4(O)CC4)n3)ncn2c2ccc(Cl)cc2[n+]1[O-]. The molecular weight excluding hydrogens is 346 g/mol. The molecule has 1 saturated carbocycles. The summed E-state index contributed by atoms with van der Waals surface area (Å²) in [6.07, 6.45) is 2.81. The number of aryl methyl sites for hydroxylation is 1. The zero-order valence-corrected chi connectivity index (χ0v) is 13.9. The summed E-state index contributed by atoms with van der Waals surface area (Å²) < 4.78 is 7.79. The van der Waals surface area contributed by atoms with Crippen molar-refractivity contribution in [1.29, 1.82) is 0 Å². The quantitative estimate of drug-likeness (QED) is 0.435. The molecule has 9 heteroatoms. The van der Waals surface area contributed by atoms with Gasteiger partial charge < -0.3 is 14.8 Å². The summed E-state index contributed by atoms with van der Waals surface area (Å²) >= 11 is 6.01. The normalized spacial score (nSPS) is 16.0. The highest BCUT2D eigenvalue weighted by Gasteiger charge is 2.48. The number of aliphatic hydroxyl groups is 1. The summed E-state index contributed by atoms with van der Waals surface area (Å²) in [6, 6.07) is 5.09. The molecule has 1 N–H and O–H groups in total. The molecule has 0 aliphatic heterocycles. The van der Waals surface area contributed by atoms with Crippen LogP contribution in [0.2, 0.25) is 5.02 Å². The second-order valence-electron chi connectivity index (χ2n) is 6.28. The Balaban J connectivity index is 1.79. The monoisotopic (exact) mass is 357 g/mol. The summed E-state index contributed by atoms with van der Waals surface area (Å²) in [4.78, 5) is 8.63. The van der Waals surface area contributed by atoms with E-state index >= 15 is 0 Å². The fraction of sp³-hybridized carbons (Fsp3) is 0.250. The van der Waals surface area contributed by atoms with Gasteiger partial charge in [-0.1, -0.05) is 16.8 Å². The molecule has 5 rings (SSSR count). The zero-order chi connectivity index (χ0) is 17.3. The van der Waals surface area contributed by atoms with Crippen LogP contribution in [0.1, 0.15) is 24.4 Å². The molecule has 3 heterocycles. The molecule has 0 atom stereocenters. The van der Waals surface area contributed by atoms with Gasteiger partial charge in [0.05, 0.1) is 0 Å². The molecule has 0 radical (unpaired) electrons. The van der Waals surface area contributed by atoms with Gasteiger partial charge in [0, 0.05) is 18.0 Å². The lowest BCUT2D eigenvalue weighted by Gasteiger charge is -2.08. The maximum absolute atomic E-state index is 12.7. The smallest absolute Gasteiger partial charge is 0.258 e. The van der Waals surface area contributed by atoms with Gasteiger partial charge in [-0.25, -0.2) is 4.98 Å². The van der Waals surface area contributed by atoms with E-state index in [9.17, 15) is 10.3 Å². The van der Waals surface area contributed by atoms with Crippen molar-refractivity contribution in [3.05, 3.63) is 46.3 Å². The summed E-state index contributed by atoms with van der Waals surface area (Å²) in [6.45, 7) is 1.70. The zero-order valence-electron chi connectivity index (χ0n) is 13.1. The third kappa shape index (κ3) is 1.98. The maximum Gasteiger partial charge on any atom is 0.258 e. The van der Waals surface area contributed by atoms with E-state index in [1.165, 1.54) is 0 Å². The van der Waals surface area contributed by atoms with Crippen LogP contribution in [0.5, 0.6) is 0 Å². The van der Waals surface area contributed by atoms with Crippen LogP contribution in [0.3, 0.4) is 0 Å². The average molecular weight is 358 g/mol. The summed E-state index contributed by atoms with van der Waals surface area (Å²) in [5.41, 5.74) is 1.56. The van der Waals surface area contributed by atoms with Gasteiger partial charge in [-0.05, 0) is 25.0 Å². The Morgan fingerprint density at radius 1 is 1.40 bits per heavy atom. The molecule has 0 bridgehead atoms. The fourth-order valence-electron chi connectivity index (χ4n) is 3.02. The van der Waals surface area contributed by atoms with Crippen LogP contribution in [0, 0.1) is 12.1 Å². The first-order valence-electron chi connectivity index (χ1n) is 7.73. The van der Waals surface area contributed by atoms with Crippen molar-refractivity contribution in [2.24, 2.45) is 0 Å². The van der Waals surface area contributed by atoms with Crippen molar-refractivity contribution >= 4 is 28.2 Å². The van der Waals surface area contributed by atoms with Gasteiger partial charge >= 0.3 is 0 Å². The Morgan fingerprint density at radius 3 is 2.96 bits per heavy atom. The standard InChI is InChI=1S/C16H12ClN5O3/c1-8-13-12(14-19-15(25-20-14)16(23)4-5-16)18-7-21(13)10-3-2-9(17)6-11(10)22(8)24/h2-3,6-7,23H,4-5H2,1H3. The second kappa shape index (κ2) is 4.68. The second-order valence-corrected chi connectivity index (χ2v) is 6.72. The average Bonchev–Trinajstić information content (AvgIpc) is 3.04. The topological polar surface area (TPSA) is 103 Å². The Bertz CT molecular complexity index is 1160. The minimum absolute atomic E-state index is 0.184. The molecule has 126 valence electrons. The lowest BCUT2D eigenvalue weighted by molar-refractivity contribution is -0.583. The Kier molecular flexibility index (Phi) is 2.73. The molecule has 1 fully saturated rings. The molecule has 1 aromatic carbocycles. The molecule has 0 unspecified atom stereocenters. The number of imidazole rings is 1. The van der Waals surface area contributed by atoms with Gasteiger partial charge in [0.2, 0.25) is 17.0 Å². The van der Waals surface area contributed by atoms with E-state index in [1.807, 2.05) is 0 Å². The highest BCUT2D eigenvalue weighted by atomic mass is 35.5. The first-order valence-corrected chi connectivity index (χ1v) is 8.11. The molecule has 4 aromatic rings. The minimum Gasteiger partial charge on any atom is -0.618 e. The predicted molar refractivity (Wildman–Crippen MR) is 87.8 cm³/mol. The van der Waals surface area contributed by atoms with Crippen molar-refractivity contribution in [2.75, 3.05) is 0 Å². The van der Waals surface area contributed by atoms with Gasteiger partial charge in [-0.3, -0.25) is 4.40 Å². The lowest BCUT2D eigenvalue weighted by atomic mass is 10.2. The molecular formula is C16H12ClN5O3. The lowest BCUT2D eigenvalue weighted by Crippen LogP contribution is -2.32. The first kappa shape index (κ1) is 14.6. The van der Waals surface area contributed by atoms with Crippen molar-refractivity contribution in [1.82, 2.24) is 19.5 Å². The molecule has 0 spiro atoms. The van der Waals surface area contributed by atoms with E-state index < -0.39 is 5.60 Å². The van der Waals surface area contributed by atoms with Crippen molar-refractivity contribution < 1.29 is 14.4 Å². The molecule has 8 nitrogen and oxygen atoms in total. The minimum atomic E-state index is -1.02. The van der Waals surface area contributed by atoms with Crippen LogP contribution in [-0.2, 0) is 5.60 Å². The van der Waals surface area contributed by atoms with Crippen molar-refractivity contribution in [3.63, 3.8) is 0 Å². The molecule has 25 heavy (non-hydrogen) atoms. The van der Waals surface area contributed by atoms with Crippen molar-refractivity contribution in [2.45, 2.75) is 25.4 Å². The summed E-state index contributed by atoms with van der Waals surface area (Å²) in [5.74, 6) is 0.429. The highest BCUT2D eigenvalue weighted by molar-refractivity contribution is 6.31. The Hall–Kier alpha value is -2.71. The number of rotatable bonds is 2. The van der Waals surface area contributed by atoms with Crippen LogP contribution in [0.25, 0.3) is 28.1 Å². The third-order valence-electron chi connectivity index (χ3n) is 4.59. The number of hydrogen-bond donors (Lipinski definition) is 1. The van der Waals surface area contributed by atoms with E-state index in [0.29, 0.717) is 45.8 Å². The third-order valence-corrected chi connectivity index (χ3v) is 4.83. The number of fused-ring (bicyclic) bond motifs is 3. The number of aromatic nitrogens is 5. The number of nitrogens with zero attached hydrogens (tertiary/aromatic N) is 5. The summed E-state index contributed by atoms with van der Waals surface area (Å²) in [5, 5.41) is 27.2. The number of benzene rings is 1. The van der Waals surface area contributed by atoms with Gasteiger partial charge in [0.15, 0.2) is 0 Å². The van der Waals surface area contributed by atoms with Crippen LogP contribution in [0.4, 0.5) is 0 Å². The molecule has 1 aliphatic carbocycles.